The lowest BCUT2D eigenvalue weighted by atomic mass is 10.3. The number of rotatable bonds is 3. The SMILES string of the molecule is O=C([O-])C(F)(F)Oc1ccccc1Cl. The zero-order chi connectivity index (χ0) is 10.8. The van der Waals surface area contributed by atoms with E-state index < -0.39 is 17.8 Å². The summed E-state index contributed by atoms with van der Waals surface area (Å²) in [5.74, 6) is -3.03. The van der Waals surface area contributed by atoms with Gasteiger partial charge in [0.2, 0.25) is 0 Å². The summed E-state index contributed by atoms with van der Waals surface area (Å²) in [6.45, 7) is 0. The number of carboxylic acids is 1. The molecule has 14 heavy (non-hydrogen) atoms. The number of hydrogen-bond acceptors (Lipinski definition) is 3. The topological polar surface area (TPSA) is 49.4 Å². The van der Waals surface area contributed by atoms with E-state index in [4.69, 9.17) is 11.6 Å². The number of para-hydroxylation sites is 1. The van der Waals surface area contributed by atoms with Gasteiger partial charge in [-0.05, 0) is 12.1 Å². The van der Waals surface area contributed by atoms with Gasteiger partial charge in [-0.3, -0.25) is 0 Å². The van der Waals surface area contributed by atoms with Crippen LogP contribution in [0.25, 0.3) is 0 Å². The lowest BCUT2D eigenvalue weighted by Crippen LogP contribution is -2.45. The highest BCUT2D eigenvalue weighted by Gasteiger charge is 2.34. The highest BCUT2D eigenvalue weighted by molar-refractivity contribution is 6.32. The number of carbonyl (C=O) groups excluding carboxylic acids is 1. The molecule has 0 aliphatic rings. The van der Waals surface area contributed by atoms with Gasteiger partial charge in [0, 0.05) is 0 Å². The molecular weight excluding hydrogens is 218 g/mol. The second-order valence-electron chi connectivity index (χ2n) is 2.34. The van der Waals surface area contributed by atoms with Crippen LogP contribution >= 0.6 is 11.6 Å². The molecule has 0 amide bonds. The van der Waals surface area contributed by atoms with E-state index >= 15 is 0 Å². The van der Waals surface area contributed by atoms with Gasteiger partial charge in [-0.15, -0.1) is 0 Å². The lowest BCUT2D eigenvalue weighted by Gasteiger charge is -2.18. The number of ether oxygens (including phenoxy) is 1. The van der Waals surface area contributed by atoms with Gasteiger partial charge in [0.15, 0.2) is 5.97 Å². The van der Waals surface area contributed by atoms with E-state index in [1.807, 2.05) is 0 Å². The van der Waals surface area contributed by atoms with Crippen LogP contribution in [0.3, 0.4) is 0 Å². The van der Waals surface area contributed by atoms with Crippen molar-refractivity contribution in [2.24, 2.45) is 0 Å². The third-order valence-corrected chi connectivity index (χ3v) is 1.62. The molecule has 1 rings (SSSR count). The van der Waals surface area contributed by atoms with E-state index in [0.29, 0.717) is 0 Å². The normalized spacial score (nSPS) is 11.1. The van der Waals surface area contributed by atoms with Crippen molar-refractivity contribution in [3.63, 3.8) is 0 Å². The number of alkyl halides is 2. The third-order valence-electron chi connectivity index (χ3n) is 1.31. The van der Waals surface area contributed by atoms with Crippen LogP contribution in [0.5, 0.6) is 5.75 Å². The van der Waals surface area contributed by atoms with Crippen molar-refractivity contribution in [1.29, 1.82) is 0 Å². The number of carboxylic acid groups (broad SMARTS) is 1. The summed E-state index contributed by atoms with van der Waals surface area (Å²) in [5, 5.41) is 9.80. The Morgan fingerprint density at radius 2 is 2.00 bits per heavy atom. The monoisotopic (exact) mass is 221 g/mol. The van der Waals surface area contributed by atoms with Crippen LogP contribution in [0.15, 0.2) is 24.3 Å². The maximum absolute atomic E-state index is 12.5. The van der Waals surface area contributed by atoms with E-state index in [2.05, 4.69) is 4.74 Å². The molecule has 0 saturated heterocycles. The summed E-state index contributed by atoms with van der Waals surface area (Å²) in [5.41, 5.74) is 0. The Kier molecular flexibility index (Phi) is 2.90. The minimum atomic E-state index is -4.38. The first-order valence-corrected chi connectivity index (χ1v) is 3.84. The Balaban J connectivity index is 2.89. The van der Waals surface area contributed by atoms with E-state index in [1.54, 1.807) is 0 Å². The van der Waals surface area contributed by atoms with E-state index in [-0.39, 0.29) is 5.02 Å². The highest BCUT2D eigenvalue weighted by atomic mass is 35.5. The molecule has 0 aliphatic heterocycles. The minimum Gasteiger partial charge on any atom is -0.541 e. The van der Waals surface area contributed by atoms with Crippen molar-refractivity contribution < 1.29 is 23.4 Å². The summed E-state index contributed by atoms with van der Waals surface area (Å²) >= 11 is 5.46. The van der Waals surface area contributed by atoms with Gasteiger partial charge >= 0.3 is 6.11 Å². The molecule has 0 heterocycles. The molecule has 0 saturated carbocycles. The van der Waals surface area contributed by atoms with Crippen molar-refractivity contribution in [3.8, 4) is 5.75 Å². The van der Waals surface area contributed by atoms with E-state index in [1.165, 1.54) is 18.2 Å². The second-order valence-corrected chi connectivity index (χ2v) is 2.74. The fourth-order valence-electron chi connectivity index (χ4n) is 0.707. The molecule has 6 heteroatoms. The first-order chi connectivity index (χ1) is 6.43. The van der Waals surface area contributed by atoms with Gasteiger partial charge in [-0.1, -0.05) is 23.7 Å². The van der Waals surface area contributed by atoms with Crippen molar-refractivity contribution >= 4 is 17.6 Å². The average molecular weight is 222 g/mol. The Bertz CT molecular complexity index is 354. The first kappa shape index (κ1) is 10.7. The summed E-state index contributed by atoms with van der Waals surface area (Å²) in [7, 11) is 0. The van der Waals surface area contributed by atoms with Crippen LogP contribution in [0.2, 0.25) is 5.02 Å². The predicted octanol–water partition coefficient (Wildman–Crippen LogP) is 1.06. The molecule has 0 radical (unpaired) electrons. The van der Waals surface area contributed by atoms with E-state index in [9.17, 15) is 18.7 Å². The van der Waals surface area contributed by atoms with Crippen molar-refractivity contribution in [2.75, 3.05) is 0 Å². The summed E-state index contributed by atoms with van der Waals surface area (Å²) in [6.07, 6.45) is -4.38. The number of benzene rings is 1. The van der Waals surface area contributed by atoms with Gasteiger partial charge in [0.1, 0.15) is 5.75 Å². The van der Waals surface area contributed by atoms with Crippen molar-refractivity contribution in [2.45, 2.75) is 6.11 Å². The van der Waals surface area contributed by atoms with Gasteiger partial charge in [0.25, 0.3) is 0 Å². The molecule has 0 N–H and O–H groups in total. The fourth-order valence-corrected chi connectivity index (χ4v) is 0.882. The predicted molar refractivity (Wildman–Crippen MR) is 42.0 cm³/mol. The van der Waals surface area contributed by atoms with Crippen LogP contribution in [0, 0.1) is 0 Å². The molecule has 76 valence electrons. The van der Waals surface area contributed by atoms with Crippen LogP contribution in [0.4, 0.5) is 8.78 Å². The Morgan fingerprint density at radius 3 is 2.50 bits per heavy atom. The van der Waals surface area contributed by atoms with Crippen molar-refractivity contribution in [1.82, 2.24) is 0 Å². The quantitative estimate of drug-likeness (QED) is 0.767. The minimum absolute atomic E-state index is 0.103. The molecule has 0 unspecified atom stereocenters. The van der Waals surface area contributed by atoms with Crippen LogP contribution < -0.4 is 9.84 Å². The molecule has 1 aromatic carbocycles. The second kappa shape index (κ2) is 3.79. The average Bonchev–Trinajstić information content (AvgIpc) is 2.08. The summed E-state index contributed by atoms with van der Waals surface area (Å²) < 4.78 is 28.8. The number of aliphatic carboxylic acids is 1. The zero-order valence-corrected chi connectivity index (χ0v) is 7.42. The largest absolute Gasteiger partial charge is 0.541 e. The molecule has 0 aromatic heterocycles. The molecule has 0 bridgehead atoms. The fraction of sp³-hybridized carbons (Fsp3) is 0.125. The lowest BCUT2D eigenvalue weighted by molar-refractivity contribution is -0.350. The number of hydrogen-bond donors (Lipinski definition) is 0. The summed E-state index contributed by atoms with van der Waals surface area (Å²) in [6, 6.07) is 5.29. The maximum Gasteiger partial charge on any atom is 0.441 e. The summed E-state index contributed by atoms with van der Waals surface area (Å²) in [4.78, 5) is 9.91. The molecule has 1 aromatic rings. The van der Waals surface area contributed by atoms with Gasteiger partial charge < -0.3 is 14.6 Å². The van der Waals surface area contributed by atoms with Crippen molar-refractivity contribution in [3.05, 3.63) is 29.3 Å². The first-order valence-electron chi connectivity index (χ1n) is 3.46. The highest BCUT2D eigenvalue weighted by Crippen LogP contribution is 2.28. The van der Waals surface area contributed by atoms with E-state index in [0.717, 1.165) is 6.07 Å². The standard InChI is InChI=1S/C8H5ClF2O3/c9-5-3-1-2-4-6(5)14-8(10,11)7(12)13/h1-4H,(H,12,13)/p-1. The number of halogens is 3. The third kappa shape index (κ3) is 2.32. The Labute approximate surface area is 82.9 Å². The molecule has 0 fully saturated rings. The van der Waals surface area contributed by atoms with Crippen LogP contribution in [-0.4, -0.2) is 12.1 Å². The Morgan fingerprint density at radius 1 is 1.43 bits per heavy atom. The molecule has 0 spiro atoms. The van der Waals surface area contributed by atoms with Gasteiger partial charge in [-0.25, -0.2) is 0 Å². The van der Waals surface area contributed by atoms with Crippen LogP contribution in [-0.2, 0) is 4.79 Å². The zero-order valence-electron chi connectivity index (χ0n) is 6.67. The van der Waals surface area contributed by atoms with Gasteiger partial charge in [0.05, 0.1) is 5.02 Å². The molecule has 0 atom stereocenters. The van der Waals surface area contributed by atoms with Crippen LogP contribution in [0.1, 0.15) is 0 Å². The Hall–Kier alpha value is -1.36. The molecule has 0 aliphatic carbocycles. The van der Waals surface area contributed by atoms with Gasteiger partial charge in [-0.2, -0.15) is 8.78 Å². The maximum atomic E-state index is 12.5. The molecule has 3 nitrogen and oxygen atoms in total. The molecular formula is C8H4ClF2O3-. The number of carbonyl (C=O) groups is 1. The smallest absolute Gasteiger partial charge is 0.441 e.